The van der Waals surface area contributed by atoms with Crippen LogP contribution >= 0.6 is 0 Å². The smallest absolute Gasteiger partial charge is 0.0230 e. The molecule has 0 radical (unpaired) electrons. The van der Waals surface area contributed by atoms with Crippen molar-refractivity contribution in [3.05, 3.63) is 0 Å². The van der Waals surface area contributed by atoms with Gasteiger partial charge in [0.2, 0.25) is 0 Å². The van der Waals surface area contributed by atoms with Crippen LogP contribution in [0.1, 0.15) is 173 Å². The molecular formula is C46H78. The molecule has 13 unspecified atom stereocenters. The Morgan fingerprint density at radius 2 is 0.804 bits per heavy atom. The first-order chi connectivity index (χ1) is 21.3. The van der Waals surface area contributed by atoms with Gasteiger partial charge in [-0.3, -0.25) is 0 Å². The van der Waals surface area contributed by atoms with Crippen LogP contribution < -0.4 is 0 Å². The predicted octanol–water partition coefficient (Wildman–Crippen LogP) is 13.3. The van der Waals surface area contributed by atoms with Crippen LogP contribution in [0.4, 0.5) is 0 Å². The molecule has 0 N–H and O–H groups in total. The van der Waals surface area contributed by atoms with Gasteiger partial charge in [0, 0.05) is 0 Å². The molecule has 0 aromatic heterocycles. The second kappa shape index (κ2) is 10.3. The molecule has 8 saturated carbocycles. The van der Waals surface area contributed by atoms with Gasteiger partial charge in [-0.1, -0.05) is 95.9 Å². The maximum Gasteiger partial charge on any atom is -0.0230 e. The Labute approximate surface area is 287 Å². The van der Waals surface area contributed by atoms with Crippen molar-refractivity contribution in [3.8, 4) is 0 Å². The average molecular weight is 631 g/mol. The average Bonchev–Trinajstić information content (AvgIpc) is 3.63. The molecule has 14 atom stereocenters. The third-order valence-electron chi connectivity index (χ3n) is 20.0. The lowest BCUT2D eigenvalue weighted by Crippen LogP contribution is -2.51. The van der Waals surface area contributed by atoms with E-state index in [4.69, 9.17) is 0 Å². The topological polar surface area (TPSA) is 0 Å². The third-order valence-corrected chi connectivity index (χ3v) is 20.0. The molecular weight excluding hydrogens is 553 g/mol. The highest BCUT2D eigenvalue weighted by atomic mass is 14.8. The monoisotopic (exact) mass is 631 g/mol. The Kier molecular flexibility index (Phi) is 7.42. The molecule has 8 fully saturated rings. The Morgan fingerprint density at radius 3 is 1.24 bits per heavy atom. The van der Waals surface area contributed by atoms with Crippen molar-refractivity contribution < 1.29 is 0 Å². The minimum Gasteiger partial charge on any atom is -0.0599 e. The molecule has 0 heteroatoms. The van der Waals surface area contributed by atoms with Crippen LogP contribution in [-0.2, 0) is 0 Å². The van der Waals surface area contributed by atoms with Crippen LogP contribution in [0.2, 0.25) is 0 Å². The molecule has 0 saturated heterocycles. The van der Waals surface area contributed by atoms with Crippen molar-refractivity contribution in [1.29, 1.82) is 0 Å². The van der Waals surface area contributed by atoms with Crippen molar-refractivity contribution in [1.82, 2.24) is 0 Å². The van der Waals surface area contributed by atoms with Gasteiger partial charge in [0.25, 0.3) is 0 Å². The van der Waals surface area contributed by atoms with Gasteiger partial charge in [-0.05, 0) is 192 Å². The highest BCUT2D eigenvalue weighted by Crippen LogP contribution is 2.78. The van der Waals surface area contributed by atoms with Gasteiger partial charge in [-0.25, -0.2) is 0 Å². The number of fused-ring (bicyclic) bond motifs is 8. The predicted molar refractivity (Wildman–Crippen MR) is 196 cm³/mol. The summed E-state index contributed by atoms with van der Waals surface area (Å²) in [6.07, 6.45) is 21.6. The van der Waals surface area contributed by atoms with Crippen molar-refractivity contribution in [2.24, 2.45) is 115 Å². The van der Waals surface area contributed by atoms with E-state index in [0.717, 1.165) is 82.9 Å². The van der Waals surface area contributed by atoms with Gasteiger partial charge in [0.1, 0.15) is 0 Å². The van der Waals surface area contributed by atoms with Crippen LogP contribution in [0, 0.1) is 115 Å². The molecule has 262 valence electrons. The molecule has 8 rings (SSSR count). The van der Waals surface area contributed by atoms with Gasteiger partial charge in [-0.15, -0.1) is 0 Å². The molecule has 8 aliphatic rings. The molecule has 0 aromatic carbocycles. The quantitative estimate of drug-likeness (QED) is 0.270. The Morgan fingerprint density at radius 1 is 0.391 bits per heavy atom. The number of hydrogen-bond acceptors (Lipinski definition) is 0. The van der Waals surface area contributed by atoms with Crippen LogP contribution in [0.5, 0.6) is 0 Å². The van der Waals surface area contributed by atoms with E-state index in [1.807, 2.05) is 0 Å². The fraction of sp³-hybridized carbons (Fsp3) is 1.00. The van der Waals surface area contributed by atoms with E-state index in [2.05, 4.69) is 83.1 Å². The highest BCUT2D eigenvalue weighted by molar-refractivity contribution is 5.19. The van der Waals surface area contributed by atoms with Crippen LogP contribution in [0.3, 0.4) is 0 Å². The van der Waals surface area contributed by atoms with E-state index in [-0.39, 0.29) is 0 Å². The number of hydrogen-bond donors (Lipinski definition) is 0. The summed E-state index contributed by atoms with van der Waals surface area (Å²) < 4.78 is 0. The van der Waals surface area contributed by atoms with E-state index in [9.17, 15) is 0 Å². The molecule has 0 amide bonds. The maximum absolute atomic E-state index is 3.03. The highest BCUT2D eigenvalue weighted by Gasteiger charge is 2.71. The molecule has 0 heterocycles. The lowest BCUT2D eigenvalue weighted by Gasteiger charge is -2.59. The second-order valence-corrected chi connectivity index (χ2v) is 24.2. The first-order valence-corrected chi connectivity index (χ1v) is 21.3. The van der Waals surface area contributed by atoms with Gasteiger partial charge in [-0.2, -0.15) is 0 Å². The summed E-state index contributed by atoms with van der Waals surface area (Å²) >= 11 is 0. The zero-order valence-electron chi connectivity index (χ0n) is 33.0. The minimum absolute atomic E-state index is 0.474. The van der Waals surface area contributed by atoms with Gasteiger partial charge in [0.05, 0.1) is 0 Å². The second-order valence-electron chi connectivity index (χ2n) is 24.2. The van der Waals surface area contributed by atoms with Crippen molar-refractivity contribution in [2.45, 2.75) is 173 Å². The third kappa shape index (κ3) is 4.60. The van der Waals surface area contributed by atoms with E-state index >= 15 is 0 Å². The molecule has 0 nitrogen and oxygen atoms in total. The molecule has 8 aliphatic carbocycles. The Hall–Kier alpha value is 0. The van der Waals surface area contributed by atoms with Gasteiger partial charge >= 0.3 is 0 Å². The van der Waals surface area contributed by atoms with Crippen LogP contribution in [0.15, 0.2) is 0 Å². The lowest BCUT2D eigenvalue weighted by molar-refractivity contribution is -0.0989. The fourth-order valence-electron chi connectivity index (χ4n) is 17.2. The maximum atomic E-state index is 3.03. The number of rotatable bonds is 1. The molecule has 0 bridgehead atoms. The minimum atomic E-state index is 0.474. The van der Waals surface area contributed by atoms with Crippen LogP contribution in [0.25, 0.3) is 0 Å². The van der Waals surface area contributed by atoms with Crippen LogP contribution in [-0.4, -0.2) is 0 Å². The summed E-state index contributed by atoms with van der Waals surface area (Å²) in [5.41, 5.74) is 3.17. The first-order valence-electron chi connectivity index (χ1n) is 21.3. The van der Waals surface area contributed by atoms with Crippen molar-refractivity contribution >= 4 is 0 Å². The van der Waals surface area contributed by atoms with Crippen molar-refractivity contribution in [3.63, 3.8) is 0 Å². The first kappa shape index (κ1) is 33.2. The Bertz CT molecular complexity index is 1120. The van der Waals surface area contributed by atoms with E-state index in [0.29, 0.717) is 32.5 Å². The fourth-order valence-corrected chi connectivity index (χ4v) is 17.2. The molecule has 0 spiro atoms. The zero-order chi connectivity index (χ0) is 33.0. The summed E-state index contributed by atoms with van der Waals surface area (Å²) in [4.78, 5) is 0. The van der Waals surface area contributed by atoms with Gasteiger partial charge < -0.3 is 0 Å². The van der Waals surface area contributed by atoms with Crippen molar-refractivity contribution in [2.75, 3.05) is 0 Å². The summed E-state index contributed by atoms with van der Waals surface area (Å²) in [7, 11) is 0. The lowest BCUT2D eigenvalue weighted by atomic mass is 9.46. The molecule has 46 heavy (non-hydrogen) atoms. The SMILES string of the molecule is CC(C)(C)C1CC2C(C1)C(C)(C1C3CC4C(CC3C3CC5C(CC31)C(C)(C)CCC5(C)C)C(C)(C)CCC4(C)C)C1CCCC[C@H]21. The summed E-state index contributed by atoms with van der Waals surface area (Å²) in [6, 6.07) is 0. The Balaban J connectivity index is 1.25. The van der Waals surface area contributed by atoms with E-state index in [1.54, 1.807) is 51.4 Å². The summed E-state index contributed by atoms with van der Waals surface area (Å²) in [5.74, 6) is 13.9. The van der Waals surface area contributed by atoms with E-state index in [1.165, 1.54) is 38.5 Å². The normalized spacial score (nSPS) is 54.5. The standard InChI is InChI=1S/C46H78/c1-41(2,3)27-21-31-28-15-13-14-16-34(28)46(12,35(31)22-27)40-32-25-38-36(42(4,5)17-19-44(38,8)9)23-29(32)30-24-37-39(26-33(30)40)45(10,11)20-18-43(37,6)7/h27-40H,13-26H2,1-12H3/t27?,28-,29?,30?,31?,32?,33?,34?,35?,36?,37?,38?,39?,40?,46?/m1/s1. The summed E-state index contributed by atoms with van der Waals surface area (Å²) in [5, 5.41) is 0. The molecule has 0 aromatic rings. The van der Waals surface area contributed by atoms with E-state index < -0.39 is 0 Å². The zero-order valence-corrected chi connectivity index (χ0v) is 33.0. The summed E-state index contributed by atoms with van der Waals surface area (Å²) in [6.45, 7) is 32.5. The van der Waals surface area contributed by atoms with Gasteiger partial charge in [0.15, 0.2) is 0 Å². The largest absolute Gasteiger partial charge is 0.0599 e. The molecule has 0 aliphatic heterocycles.